The Morgan fingerprint density at radius 2 is 1.96 bits per heavy atom. The molecule has 2 heterocycles. The molecule has 0 amide bonds. The summed E-state index contributed by atoms with van der Waals surface area (Å²) in [6.07, 6.45) is 1.48. The van der Waals surface area contributed by atoms with Crippen molar-refractivity contribution in [1.82, 2.24) is 4.72 Å². The Morgan fingerprint density at radius 1 is 1.24 bits per heavy atom. The highest BCUT2D eigenvalue weighted by Gasteiger charge is 2.38. The summed E-state index contributed by atoms with van der Waals surface area (Å²) in [5.41, 5.74) is 0.683. The van der Waals surface area contributed by atoms with Crippen molar-refractivity contribution in [2.24, 2.45) is 0 Å². The van der Waals surface area contributed by atoms with Crippen LogP contribution in [0.1, 0.15) is 18.4 Å². The minimum atomic E-state index is -3.55. The molecule has 0 aliphatic carbocycles. The lowest BCUT2D eigenvalue weighted by Gasteiger charge is -2.38. The van der Waals surface area contributed by atoms with Gasteiger partial charge >= 0.3 is 0 Å². The molecule has 0 saturated carbocycles. The fourth-order valence-corrected chi connectivity index (χ4v) is 6.31. The Hall–Kier alpha value is -0.930. The van der Waals surface area contributed by atoms with Gasteiger partial charge in [0.05, 0.1) is 10.9 Å². The molecule has 1 aliphatic rings. The number of sulfonamides is 1. The van der Waals surface area contributed by atoms with Gasteiger partial charge in [-0.25, -0.2) is 13.1 Å². The first-order valence-corrected chi connectivity index (χ1v) is 11.0. The standard InChI is InChI=1S/C17H20BrNO4S2/c1-22-14-5-3-2-4-13(14)17(8-10-23-11-9-17)12-19-25(20,21)16-7-6-15(18)24-16/h2-7,19H,8-12H2,1H3. The van der Waals surface area contributed by atoms with Gasteiger partial charge in [-0.2, -0.15) is 0 Å². The van der Waals surface area contributed by atoms with E-state index in [1.54, 1.807) is 19.2 Å². The largest absolute Gasteiger partial charge is 0.496 e. The third kappa shape index (κ3) is 4.09. The van der Waals surface area contributed by atoms with Crippen molar-refractivity contribution < 1.29 is 17.9 Å². The van der Waals surface area contributed by atoms with Crippen molar-refractivity contribution in [2.45, 2.75) is 22.5 Å². The number of hydrogen-bond donors (Lipinski definition) is 1. The van der Waals surface area contributed by atoms with Gasteiger partial charge in [0, 0.05) is 30.7 Å². The first-order valence-electron chi connectivity index (χ1n) is 7.93. The first-order chi connectivity index (χ1) is 12.0. The second kappa shape index (κ2) is 7.75. The molecule has 1 N–H and O–H groups in total. The van der Waals surface area contributed by atoms with E-state index in [9.17, 15) is 8.42 Å². The summed E-state index contributed by atoms with van der Waals surface area (Å²) in [6.45, 7) is 1.52. The number of hydrogen-bond acceptors (Lipinski definition) is 5. The van der Waals surface area contributed by atoms with Gasteiger partial charge in [0.15, 0.2) is 0 Å². The number of methoxy groups -OCH3 is 1. The van der Waals surface area contributed by atoms with Gasteiger partial charge in [-0.05, 0) is 47.0 Å². The topological polar surface area (TPSA) is 64.6 Å². The van der Waals surface area contributed by atoms with E-state index >= 15 is 0 Å². The quantitative estimate of drug-likeness (QED) is 0.738. The Balaban J connectivity index is 1.89. The highest BCUT2D eigenvalue weighted by Crippen LogP contribution is 2.39. The Kier molecular flexibility index (Phi) is 5.85. The van der Waals surface area contributed by atoms with Crippen molar-refractivity contribution >= 4 is 37.3 Å². The van der Waals surface area contributed by atoms with Crippen LogP contribution < -0.4 is 9.46 Å². The lowest BCUT2D eigenvalue weighted by Crippen LogP contribution is -2.44. The number of para-hydroxylation sites is 1. The highest BCUT2D eigenvalue weighted by atomic mass is 79.9. The van der Waals surface area contributed by atoms with E-state index in [-0.39, 0.29) is 5.41 Å². The van der Waals surface area contributed by atoms with Gasteiger partial charge in [0.2, 0.25) is 10.0 Å². The smallest absolute Gasteiger partial charge is 0.250 e. The van der Waals surface area contributed by atoms with Gasteiger partial charge in [-0.3, -0.25) is 0 Å². The third-order valence-electron chi connectivity index (χ3n) is 4.54. The van der Waals surface area contributed by atoms with Crippen LogP contribution in [0.3, 0.4) is 0 Å². The predicted molar refractivity (Wildman–Crippen MR) is 102 cm³/mol. The van der Waals surface area contributed by atoms with Gasteiger partial charge < -0.3 is 9.47 Å². The van der Waals surface area contributed by atoms with E-state index in [0.717, 1.165) is 27.9 Å². The summed E-state index contributed by atoms with van der Waals surface area (Å²) in [5.74, 6) is 0.780. The van der Waals surface area contributed by atoms with Crippen molar-refractivity contribution in [1.29, 1.82) is 0 Å². The molecule has 0 spiro atoms. The van der Waals surface area contributed by atoms with E-state index in [4.69, 9.17) is 9.47 Å². The Labute approximate surface area is 160 Å². The number of nitrogens with one attached hydrogen (secondary N) is 1. The molecule has 0 radical (unpaired) electrons. The average molecular weight is 446 g/mol. The van der Waals surface area contributed by atoms with Gasteiger partial charge in [0.1, 0.15) is 9.96 Å². The molecule has 3 rings (SSSR count). The highest BCUT2D eigenvalue weighted by molar-refractivity contribution is 9.11. The summed E-state index contributed by atoms with van der Waals surface area (Å²) in [5, 5.41) is 0. The van der Waals surface area contributed by atoms with Crippen molar-refractivity contribution in [3.8, 4) is 5.75 Å². The molecule has 1 saturated heterocycles. The van der Waals surface area contributed by atoms with E-state index in [0.29, 0.717) is 24.0 Å². The first kappa shape index (κ1) is 18.8. The molecule has 1 aromatic carbocycles. The molecule has 1 fully saturated rings. The van der Waals surface area contributed by atoms with Crippen LogP contribution in [0.15, 0.2) is 44.4 Å². The SMILES string of the molecule is COc1ccccc1C1(CNS(=O)(=O)c2ccc(Br)s2)CCOCC1. The average Bonchev–Trinajstić information content (AvgIpc) is 3.08. The van der Waals surface area contributed by atoms with Gasteiger partial charge in [-0.15, -0.1) is 11.3 Å². The van der Waals surface area contributed by atoms with Crippen LogP contribution >= 0.6 is 27.3 Å². The number of rotatable bonds is 6. The fraction of sp³-hybridized carbons (Fsp3) is 0.412. The Bertz CT molecular complexity index is 829. The molecule has 0 bridgehead atoms. The normalized spacial score (nSPS) is 17.4. The molecular weight excluding hydrogens is 426 g/mol. The maximum atomic E-state index is 12.6. The summed E-state index contributed by atoms with van der Waals surface area (Å²) in [7, 11) is -1.91. The van der Waals surface area contributed by atoms with Gasteiger partial charge in [0.25, 0.3) is 0 Å². The van der Waals surface area contributed by atoms with E-state index in [1.165, 1.54) is 11.3 Å². The zero-order valence-corrected chi connectivity index (χ0v) is 17.0. The number of thiophene rings is 1. The van der Waals surface area contributed by atoms with Crippen LogP contribution in [0.5, 0.6) is 5.75 Å². The summed E-state index contributed by atoms with van der Waals surface area (Å²) in [4.78, 5) is 0. The molecule has 2 aromatic rings. The van der Waals surface area contributed by atoms with Crippen molar-refractivity contribution in [3.63, 3.8) is 0 Å². The lowest BCUT2D eigenvalue weighted by molar-refractivity contribution is 0.0509. The number of halogens is 1. The molecule has 1 aliphatic heterocycles. The maximum Gasteiger partial charge on any atom is 0.250 e. The molecule has 8 heteroatoms. The molecule has 0 atom stereocenters. The second-order valence-electron chi connectivity index (χ2n) is 5.98. The summed E-state index contributed by atoms with van der Waals surface area (Å²) in [6, 6.07) is 11.2. The van der Waals surface area contributed by atoms with Crippen LogP contribution in [0.4, 0.5) is 0 Å². The number of benzene rings is 1. The van der Waals surface area contributed by atoms with Crippen LogP contribution in [0.2, 0.25) is 0 Å². The minimum absolute atomic E-state index is 0.307. The number of ether oxygens (including phenoxy) is 2. The molecule has 25 heavy (non-hydrogen) atoms. The van der Waals surface area contributed by atoms with E-state index in [1.807, 2.05) is 24.3 Å². The predicted octanol–water partition coefficient (Wildman–Crippen LogP) is 3.55. The van der Waals surface area contributed by atoms with Crippen LogP contribution in [0.25, 0.3) is 0 Å². The zero-order valence-electron chi connectivity index (χ0n) is 13.8. The van der Waals surface area contributed by atoms with Gasteiger partial charge in [-0.1, -0.05) is 18.2 Å². The van der Waals surface area contributed by atoms with E-state index < -0.39 is 10.0 Å². The molecule has 0 unspecified atom stereocenters. The van der Waals surface area contributed by atoms with E-state index in [2.05, 4.69) is 20.7 Å². The van der Waals surface area contributed by atoms with Crippen LogP contribution in [-0.4, -0.2) is 35.3 Å². The third-order valence-corrected chi connectivity index (χ3v) is 8.06. The fourth-order valence-electron chi connectivity index (χ4n) is 3.13. The molecule has 5 nitrogen and oxygen atoms in total. The zero-order chi connectivity index (χ0) is 17.9. The summed E-state index contributed by atoms with van der Waals surface area (Å²) >= 11 is 4.51. The van der Waals surface area contributed by atoms with Crippen molar-refractivity contribution in [2.75, 3.05) is 26.9 Å². The maximum absolute atomic E-state index is 12.6. The summed E-state index contributed by atoms with van der Waals surface area (Å²) < 4.78 is 40.2. The monoisotopic (exact) mass is 445 g/mol. The molecule has 1 aromatic heterocycles. The second-order valence-corrected chi connectivity index (χ2v) is 10.4. The molecular formula is C17H20BrNO4S2. The molecule has 136 valence electrons. The van der Waals surface area contributed by atoms with Crippen LogP contribution in [-0.2, 0) is 20.2 Å². The Morgan fingerprint density at radius 3 is 2.60 bits per heavy atom. The van der Waals surface area contributed by atoms with Crippen LogP contribution in [0, 0.1) is 0 Å². The van der Waals surface area contributed by atoms with Crippen molar-refractivity contribution in [3.05, 3.63) is 45.7 Å². The lowest BCUT2D eigenvalue weighted by atomic mass is 9.74. The minimum Gasteiger partial charge on any atom is -0.496 e.